The van der Waals surface area contributed by atoms with Gasteiger partial charge in [0.15, 0.2) is 0 Å². The molecule has 1 aromatic rings. The minimum Gasteiger partial charge on any atom is -0.478 e. The number of nitrogens with two attached hydrogens (primary N) is 1. The van der Waals surface area contributed by atoms with Crippen molar-refractivity contribution in [2.45, 2.75) is 19.9 Å². The Kier molecular flexibility index (Phi) is 5.08. The number of amides is 3. The number of urea groups is 1. The van der Waals surface area contributed by atoms with Crippen molar-refractivity contribution < 1.29 is 19.5 Å². The monoisotopic (exact) mass is 279 g/mol. The summed E-state index contributed by atoms with van der Waals surface area (Å²) in [5.41, 5.74) is 5.59. The smallest absolute Gasteiger partial charge is 0.335 e. The molecular weight excluding hydrogens is 262 g/mol. The molecule has 0 heterocycles. The van der Waals surface area contributed by atoms with Gasteiger partial charge in [-0.3, -0.25) is 4.79 Å². The average Bonchev–Trinajstić information content (AvgIpc) is 2.35. The van der Waals surface area contributed by atoms with Crippen molar-refractivity contribution in [2.75, 3.05) is 5.32 Å². The first-order chi connectivity index (χ1) is 9.31. The maximum Gasteiger partial charge on any atom is 0.335 e. The van der Waals surface area contributed by atoms with Gasteiger partial charge >= 0.3 is 12.0 Å². The summed E-state index contributed by atoms with van der Waals surface area (Å²) >= 11 is 0. The van der Waals surface area contributed by atoms with Gasteiger partial charge in [-0.05, 0) is 30.2 Å². The van der Waals surface area contributed by atoms with Crippen LogP contribution < -0.4 is 16.4 Å². The van der Waals surface area contributed by atoms with Crippen LogP contribution in [0.5, 0.6) is 0 Å². The van der Waals surface area contributed by atoms with Crippen molar-refractivity contribution in [1.29, 1.82) is 0 Å². The molecule has 0 radical (unpaired) electrons. The average molecular weight is 279 g/mol. The molecule has 0 saturated heterocycles. The molecule has 0 aliphatic carbocycles. The predicted molar refractivity (Wildman–Crippen MR) is 73.4 cm³/mol. The molecule has 5 N–H and O–H groups in total. The number of aromatic carboxylic acids is 1. The van der Waals surface area contributed by atoms with Crippen LogP contribution in [0.25, 0.3) is 0 Å². The van der Waals surface area contributed by atoms with Crippen LogP contribution in [-0.2, 0) is 4.79 Å². The van der Waals surface area contributed by atoms with Crippen molar-refractivity contribution in [2.24, 2.45) is 11.7 Å². The van der Waals surface area contributed by atoms with Crippen molar-refractivity contribution in [3.05, 3.63) is 29.8 Å². The van der Waals surface area contributed by atoms with Crippen LogP contribution in [-0.4, -0.2) is 29.1 Å². The minimum atomic E-state index is -1.04. The molecular formula is C13H17N3O4. The van der Waals surface area contributed by atoms with Crippen LogP contribution in [0.15, 0.2) is 24.3 Å². The van der Waals surface area contributed by atoms with E-state index in [0.717, 1.165) is 0 Å². The van der Waals surface area contributed by atoms with Gasteiger partial charge < -0.3 is 21.5 Å². The maximum absolute atomic E-state index is 12.0. The number of hydrogen-bond acceptors (Lipinski definition) is 3. The number of rotatable bonds is 5. The highest BCUT2D eigenvalue weighted by molar-refractivity contribution is 5.97. The molecule has 0 spiro atoms. The van der Waals surface area contributed by atoms with Crippen LogP contribution in [0.3, 0.4) is 0 Å². The quantitative estimate of drug-likeness (QED) is 0.642. The summed E-state index contributed by atoms with van der Waals surface area (Å²) in [5.74, 6) is -1.60. The Bertz CT molecular complexity index is 511. The van der Waals surface area contributed by atoms with Crippen molar-refractivity contribution in [3.8, 4) is 0 Å². The van der Waals surface area contributed by atoms with Crippen LogP contribution >= 0.6 is 0 Å². The van der Waals surface area contributed by atoms with E-state index in [2.05, 4.69) is 10.6 Å². The van der Waals surface area contributed by atoms with Gasteiger partial charge in [-0.1, -0.05) is 13.8 Å². The maximum atomic E-state index is 12.0. The molecule has 0 aliphatic heterocycles. The molecule has 108 valence electrons. The lowest BCUT2D eigenvalue weighted by atomic mass is 10.0. The standard InChI is InChI=1S/C13H17N3O4/c1-7(2)10(16-13(14)20)11(17)15-9-5-3-8(4-6-9)12(18)19/h3-7,10H,1-2H3,(H,15,17)(H,18,19)(H3,14,16,20). The zero-order valence-electron chi connectivity index (χ0n) is 11.2. The van der Waals surface area contributed by atoms with E-state index in [1.165, 1.54) is 24.3 Å². The van der Waals surface area contributed by atoms with Gasteiger partial charge in [-0.25, -0.2) is 9.59 Å². The summed E-state index contributed by atoms with van der Waals surface area (Å²) < 4.78 is 0. The number of benzene rings is 1. The number of carboxylic acids is 1. The van der Waals surface area contributed by atoms with E-state index < -0.39 is 23.9 Å². The van der Waals surface area contributed by atoms with Gasteiger partial charge in [-0.2, -0.15) is 0 Å². The Labute approximate surface area is 116 Å². The van der Waals surface area contributed by atoms with E-state index in [4.69, 9.17) is 10.8 Å². The van der Waals surface area contributed by atoms with E-state index in [0.29, 0.717) is 5.69 Å². The Morgan fingerprint density at radius 1 is 1.15 bits per heavy atom. The number of carbonyl (C=O) groups is 3. The minimum absolute atomic E-state index is 0.124. The second kappa shape index (κ2) is 6.55. The number of hydrogen-bond donors (Lipinski definition) is 4. The largest absolute Gasteiger partial charge is 0.478 e. The fourth-order valence-corrected chi connectivity index (χ4v) is 1.60. The number of primary amides is 1. The molecule has 0 bridgehead atoms. The third-order valence-corrected chi connectivity index (χ3v) is 2.65. The second-order valence-corrected chi connectivity index (χ2v) is 4.60. The summed E-state index contributed by atoms with van der Waals surface area (Å²) in [6.45, 7) is 3.54. The van der Waals surface area contributed by atoms with E-state index in [-0.39, 0.29) is 11.5 Å². The number of carbonyl (C=O) groups excluding carboxylic acids is 2. The first kappa shape index (κ1) is 15.5. The summed E-state index contributed by atoms with van der Waals surface area (Å²) in [5, 5.41) is 13.7. The topological polar surface area (TPSA) is 122 Å². The third-order valence-electron chi connectivity index (χ3n) is 2.65. The lowest BCUT2D eigenvalue weighted by Gasteiger charge is -2.20. The summed E-state index contributed by atoms with van der Waals surface area (Å²) in [6, 6.07) is 4.17. The van der Waals surface area contributed by atoms with E-state index in [1.807, 2.05) is 0 Å². The first-order valence-corrected chi connectivity index (χ1v) is 6.01. The highest BCUT2D eigenvalue weighted by atomic mass is 16.4. The molecule has 7 nitrogen and oxygen atoms in total. The van der Waals surface area contributed by atoms with Gasteiger partial charge in [0.05, 0.1) is 5.56 Å². The lowest BCUT2D eigenvalue weighted by Crippen LogP contribution is -2.49. The lowest BCUT2D eigenvalue weighted by molar-refractivity contribution is -0.118. The number of anilines is 1. The van der Waals surface area contributed by atoms with E-state index in [1.54, 1.807) is 13.8 Å². The third kappa shape index (κ3) is 4.27. The van der Waals surface area contributed by atoms with Crippen LogP contribution in [0, 0.1) is 5.92 Å². The Hall–Kier alpha value is -2.57. The number of nitrogens with one attached hydrogen (secondary N) is 2. The van der Waals surface area contributed by atoms with Crippen molar-refractivity contribution >= 4 is 23.6 Å². The predicted octanol–water partition coefficient (Wildman–Crippen LogP) is 1.02. The molecule has 1 unspecified atom stereocenters. The highest BCUT2D eigenvalue weighted by Gasteiger charge is 2.23. The van der Waals surface area contributed by atoms with E-state index >= 15 is 0 Å². The van der Waals surface area contributed by atoms with Crippen molar-refractivity contribution in [3.63, 3.8) is 0 Å². The van der Waals surface area contributed by atoms with Crippen LogP contribution in [0.4, 0.5) is 10.5 Å². The van der Waals surface area contributed by atoms with Crippen LogP contribution in [0.1, 0.15) is 24.2 Å². The van der Waals surface area contributed by atoms with E-state index in [9.17, 15) is 14.4 Å². The Balaban J connectivity index is 2.77. The first-order valence-electron chi connectivity index (χ1n) is 6.01. The van der Waals surface area contributed by atoms with Gasteiger partial charge in [0.25, 0.3) is 0 Å². The molecule has 3 amide bonds. The van der Waals surface area contributed by atoms with Gasteiger partial charge in [-0.15, -0.1) is 0 Å². The Morgan fingerprint density at radius 2 is 1.70 bits per heavy atom. The van der Waals surface area contributed by atoms with Gasteiger partial charge in [0.2, 0.25) is 5.91 Å². The molecule has 0 saturated carbocycles. The van der Waals surface area contributed by atoms with Gasteiger partial charge in [0.1, 0.15) is 6.04 Å². The molecule has 0 fully saturated rings. The SMILES string of the molecule is CC(C)C(NC(N)=O)C(=O)Nc1ccc(C(=O)O)cc1. The zero-order valence-corrected chi connectivity index (χ0v) is 11.2. The fourth-order valence-electron chi connectivity index (χ4n) is 1.60. The van der Waals surface area contributed by atoms with Crippen LogP contribution in [0.2, 0.25) is 0 Å². The molecule has 1 atom stereocenters. The normalized spacial score (nSPS) is 11.8. The second-order valence-electron chi connectivity index (χ2n) is 4.60. The molecule has 0 aliphatic rings. The summed E-state index contributed by atoms with van der Waals surface area (Å²) in [4.78, 5) is 33.6. The van der Waals surface area contributed by atoms with Gasteiger partial charge in [0, 0.05) is 5.69 Å². The molecule has 0 aromatic heterocycles. The summed E-state index contributed by atoms with van der Waals surface area (Å²) in [7, 11) is 0. The molecule has 1 aromatic carbocycles. The van der Waals surface area contributed by atoms with Crippen molar-refractivity contribution in [1.82, 2.24) is 5.32 Å². The summed E-state index contributed by atoms with van der Waals surface area (Å²) in [6.07, 6.45) is 0. The zero-order chi connectivity index (χ0) is 15.3. The molecule has 1 rings (SSSR count). The fraction of sp³-hybridized carbons (Fsp3) is 0.308. The highest BCUT2D eigenvalue weighted by Crippen LogP contribution is 2.11. The molecule has 20 heavy (non-hydrogen) atoms. The molecule has 7 heteroatoms. The number of carboxylic acid groups (broad SMARTS) is 1. The Morgan fingerprint density at radius 3 is 2.10 bits per heavy atom.